The zero-order chi connectivity index (χ0) is 13.8. The van der Waals surface area contributed by atoms with E-state index in [0.717, 1.165) is 25.8 Å². The van der Waals surface area contributed by atoms with E-state index in [-0.39, 0.29) is 5.91 Å². The molecule has 1 aromatic rings. The third-order valence-corrected chi connectivity index (χ3v) is 3.73. The van der Waals surface area contributed by atoms with Crippen LogP contribution in [0, 0.1) is 12.8 Å². The molecule has 1 atom stereocenters. The van der Waals surface area contributed by atoms with Crippen molar-refractivity contribution >= 4 is 5.91 Å². The van der Waals surface area contributed by atoms with Crippen LogP contribution in [0.5, 0.6) is 0 Å². The average Bonchev–Trinajstić information content (AvgIpc) is 2.65. The Morgan fingerprint density at radius 1 is 1.47 bits per heavy atom. The molecule has 0 aliphatic carbocycles. The number of rotatable bonds is 3. The highest BCUT2D eigenvalue weighted by Gasteiger charge is 2.28. The SMILES string of the molecule is Cc1cc(C(=O)N2CCCCCC2CC(C)C)no1. The van der Waals surface area contributed by atoms with Crippen molar-refractivity contribution in [1.82, 2.24) is 10.1 Å². The molecule has 0 saturated carbocycles. The first-order valence-corrected chi connectivity index (χ1v) is 7.32. The molecular weight excluding hydrogens is 240 g/mol. The number of carbonyl (C=O) groups excluding carboxylic acids is 1. The van der Waals surface area contributed by atoms with Gasteiger partial charge in [-0.1, -0.05) is 31.8 Å². The fourth-order valence-electron chi connectivity index (χ4n) is 2.85. The van der Waals surface area contributed by atoms with Crippen LogP contribution in [-0.4, -0.2) is 28.6 Å². The van der Waals surface area contributed by atoms with Gasteiger partial charge < -0.3 is 9.42 Å². The Bertz CT molecular complexity index is 426. The van der Waals surface area contributed by atoms with Gasteiger partial charge in [0.25, 0.3) is 5.91 Å². The molecule has 1 aliphatic rings. The lowest BCUT2D eigenvalue weighted by Gasteiger charge is -2.30. The first-order chi connectivity index (χ1) is 9.08. The lowest BCUT2D eigenvalue weighted by molar-refractivity contribution is 0.0650. The van der Waals surface area contributed by atoms with Crippen molar-refractivity contribution in [1.29, 1.82) is 0 Å². The molecule has 0 N–H and O–H groups in total. The summed E-state index contributed by atoms with van der Waals surface area (Å²) in [4.78, 5) is 14.6. The molecule has 4 nitrogen and oxygen atoms in total. The molecule has 0 spiro atoms. The minimum Gasteiger partial charge on any atom is -0.361 e. The van der Waals surface area contributed by atoms with Crippen LogP contribution < -0.4 is 0 Å². The Kier molecular flexibility index (Phi) is 4.61. The normalized spacial score (nSPS) is 20.6. The number of nitrogens with zero attached hydrogens (tertiary/aromatic N) is 2. The van der Waals surface area contributed by atoms with Crippen molar-refractivity contribution in [3.8, 4) is 0 Å². The first kappa shape index (κ1) is 14.1. The van der Waals surface area contributed by atoms with Crippen LogP contribution in [0.1, 0.15) is 62.2 Å². The van der Waals surface area contributed by atoms with E-state index < -0.39 is 0 Å². The third-order valence-electron chi connectivity index (χ3n) is 3.73. The van der Waals surface area contributed by atoms with E-state index in [4.69, 9.17) is 4.52 Å². The van der Waals surface area contributed by atoms with Crippen LogP contribution in [0.25, 0.3) is 0 Å². The molecule has 1 aliphatic heterocycles. The maximum Gasteiger partial charge on any atom is 0.276 e. The molecule has 0 bridgehead atoms. The number of hydrogen-bond acceptors (Lipinski definition) is 3. The van der Waals surface area contributed by atoms with Gasteiger partial charge in [-0.15, -0.1) is 0 Å². The zero-order valence-corrected chi connectivity index (χ0v) is 12.2. The fraction of sp³-hybridized carbons (Fsp3) is 0.733. The summed E-state index contributed by atoms with van der Waals surface area (Å²) >= 11 is 0. The highest BCUT2D eigenvalue weighted by atomic mass is 16.5. The Hall–Kier alpha value is -1.32. The predicted molar refractivity (Wildman–Crippen MR) is 74.0 cm³/mol. The summed E-state index contributed by atoms with van der Waals surface area (Å²) in [5.41, 5.74) is 0.452. The maximum absolute atomic E-state index is 12.6. The molecular formula is C15H24N2O2. The van der Waals surface area contributed by atoms with Crippen LogP contribution in [0.2, 0.25) is 0 Å². The zero-order valence-electron chi connectivity index (χ0n) is 12.2. The topological polar surface area (TPSA) is 46.3 Å². The summed E-state index contributed by atoms with van der Waals surface area (Å²) in [5.74, 6) is 1.33. The highest BCUT2D eigenvalue weighted by molar-refractivity contribution is 5.92. The lowest BCUT2D eigenvalue weighted by atomic mass is 9.98. The molecule has 0 aromatic carbocycles. The van der Waals surface area contributed by atoms with Crippen LogP contribution in [0.4, 0.5) is 0 Å². The smallest absolute Gasteiger partial charge is 0.276 e. The van der Waals surface area contributed by atoms with Crippen LogP contribution in [-0.2, 0) is 0 Å². The van der Waals surface area contributed by atoms with E-state index in [1.807, 2.05) is 11.8 Å². The lowest BCUT2D eigenvalue weighted by Crippen LogP contribution is -2.40. The summed E-state index contributed by atoms with van der Waals surface area (Å²) in [6, 6.07) is 2.09. The molecule has 19 heavy (non-hydrogen) atoms. The van der Waals surface area contributed by atoms with Gasteiger partial charge in [0.05, 0.1) is 0 Å². The van der Waals surface area contributed by atoms with E-state index >= 15 is 0 Å². The van der Waals surface area contributed by atoms with E-state index in [0.29, 0.717) is 23.4 Å². The van der Waals surface area contributed by atoms with Gasteiger partial charge in [0.1, 0.15) is 5.76 Å². The van der Waals surface area contributed by atoms with E-state index in [2.05, 4.69) is 19.0 Å². The van der Waals surface area contributed by atoms with Gasteiger partial charge in [-0.25, -0.2) is 0 Å². The monoisotopic (exact) mass is 264 g/mol. The van der Waals surface area contributed by atoms with E-state index in [1.165, 1.54) is 12.8 Å². The predicted octanol–water partition coefficient (Wildman–Crippen LogP) is 3.41. The minimum atomic E-state index is 0.0319. The minimum absolute atomic E-state index is 0.0319. The van der Waals surface area contributed by atoms with Crippen molar-refractivity contribution in [2.45, 2.75) is 58.9 Å². The molecule has 2 rings (SSSR count). The van der Waals surface area contributed by atoms with Crippen LogP contribution in [0.15, 0.2) is 10.6 Å². The highest BCUT2D eigenvalue weighted by Crippen LogP contribution is 2.24. The van der Waals surface area contributed by atoms with Gasteiger partial charge in [0.2, 0.25) is 0 Å². The van der Waals surface area contributed by atoms with Gasteiger partial charge in [-0.3, -0.25) is 4.79 Å². The number of hydrogen-bond donors (Lipinski definition) is 0. The van der Waals surface area contributed by atoms with Crippen molar-refractivity contribution in [3.05, 3.63) is 17.5 Å². The van der Waals surface area contributed by atoms with Gasteiger partial charge in [-0.05, 0) is 32.1 Å². The molecule has 1 fully saturated rings. The number of aryl methyl sites for hydroxylation is 1. The second-order valence-corrected chi connectivity index (χ2v) is 5.95. The summed E-state index contributed by atoms with van der Waals surface area (Å²) in [7, 11) is 0. The van der Waals surface area contributed by atoms with Crippen LogP contribution in [0.3, 0.4) is 0 Å². The first-order valence-electron chi connectivity index (χ1n) is 7.32. The van der Waals surface area contributed by atoms with Gasteiger partial charge >= 0.3 is 0 Å². The molecule has 0 radical (unpaired) electrons. The van der Waals surface area contributed by atoms with Crippen LogP contribution >= 0.6 is 0 Å². The number of aromatic nitrogens is 1. The number of amides is 1. The second-order valence-electron chi connectivity index (χ2n) is 5.95. The standard InChI is InChI=1S/C15H24N2O2/c1-11(2)9-13-7-5-4-6-8-17(13)15(18)14-10-12(3)19-16-14/h10-11,13H,4-9H2,1-3H3. The van der Waals surface area contributed by atoms with Gasteiger partial charge in [0.15, 0.2) is 5.69 Å². The van der Waals surface area contributed by atoms with E-state index in [1.54, 1.807) is 6.07 Å². The Labute approximate surface area is 115 Å². The average molecular weight is 264 g/mol. The van der Waals surface area contributed by atoms with Crippen molar-refractivity contribution in [2.24, 2.45) is 5.92 Å². The molecule has 1 saturated heterocycles. The molecule has 1 amide bonds. The summed E-state index contributed by atoms with van der Waals surface area (Å²) < 4.78 is 5.03. The largest absolute Gasteiger partial charge is 0.361 e. The van der Waals surface area contributed by atoms with Crippen molar-refractivity contribution in [3.63, 3.8) is 0 Å². The molecule has 2 heterocycles. The molecule has 4 heteroatoms. The maximum atomic E-state index is 12.6. The third kappa shape index (κ3) is 3.58. The Balaban J connectivity index is 2.14. The Morgan fingerprint density at radius 3 is 2.89 bits per heavy atom. The fourth-order valence-corrected chi connectivity index (χ4v) is 2.85. The quantitative estimate of drug-likeness (QED) is 0.840. The molecule has 1 aromatic heterocycles. The summed E-state index contributed by atoms with van der Waals surface area (Å²) in [5, 5.41) is 3.87. The van der Waals surface area contributed by atoms with Gasteiger partial charge in [-0.2, -0.15) is 0 Å². The van der Waals surface area contributed by atoms with Crippen molar-refractivity contribution < 1.29 is 9.32 Å². The number of carbonyl (C=O) groups is 1. The van der Waals surface area contributed by atoms with Gasteiger partial charge in [0, 0.05) is 18.7 Å². The summed E-state index contributed by atoms with van der Waals surface area (Å²) in [6.07, 6.45) is 5.72. The van der Waals surface area contributed by atoms with Crippen molar-refractivity contribution in [2.75, 3.05) is 6.54 Å². The molecule has 1 unspecified atom stereocenters. The second kappa shape index (κ2) is 6.22. The molecule has 106 valence electrons. The van der Waals surface area contributed by atoms with E-state index in [9.17, 15) is 4.79 Å². The number of likely N-dealkylation sites (tertiary alicyclic amines) is 1. The summed E-state index contributed by atoms with van der Waals surface area (Å²) in [6.45, 7) is 7.10. The Morgan fingerprint density at radius 2 is 2.26 bits per heavy atom.